The summed E-state index contributed by atoms with van der Waals surface area (Å²) in [5.41, 5.74) is 2.55. The standard InChI is InChI=1S/C19H20FNO3S/c1-13-3-9-17(10-4-13)21-18(22)12-25-14(2)19(23)24-11-15-5-7-16(20)8-6-15/h3-10,14H,11-12H2,1-2H3,(H,21,22). The average Bonchev–Trinajstić information content (AvgIpc) is 2.61. The minimum Gasteiger partial charge on any atom is -0.460 e. The number of esters is 1. The van der Waals surface area contributed by atoms with Gasteiger partial charge in [-0.3, -0.25) is 9.59 Å². The molecule has 0 aliphatic heterocycles. The summed E-state index contributed by atoms with van der Waals surface area (Å²) in [6.45, 7) is 3.75. The molecule has 1 atom stereocenters. The van der Waals surface area contributed by atoms with E-state index in [-0.39, 0.29) is 24.1 Å². The van der Waals surface area contributed by atoms with Gasteiger partial charge in [0, 0.05) is 5.69 Å². The van der Waals surface area contributed by atoms with Crippen LogP contribution in [0.5, 0.6) is 0 Å². The van der Waals surface area contributed by atoms with Crippen LogP contribution in [0.25, 0.3) is 0 Å². The molecule has 0 saturated carbocycles. The van der Waals surface area contributed by atoms with Crippen molar-refractivity contribution in [2.45, 2.75) is 25.7 Å². The minimum absolute atomic E-state index is 0.0829. The molecule has 0 saturated heterocycles. The number of aryl methyl sites for hydroxylation is 1. The van der Waals surface area contributed by atoms with Gasteiger partial charge in [0.2, 0.25) is 5.91 Å². The molecule has 0 aromatic heterocycles. The maximum atomic E-state index is 12.8. The van der Waals surface area contributed by atoms with Crippen molar-refractivity contribution in [2.24, 2.45) is 0 Å². The molecule has 25 heavy (non-hydrogen) atoms. The van der Waals surface area contributed by atoms with Crippen molar-refractivity contribution < 1.29 is 18.7 Å². The van der Waals surface area contributed by atoms with Crippen LogP contribution in [0.4, 0.5) is 10.1 Å². The maximum absolute atomic E-state index is 12.8. The highest BCUT2D eigenvalue weighted by molar-refractivity contribution is 8.01. The van der Waals surface area contributed by atoms with Crippen LogP contribution < -0.4 is 5.32 Å². The third-order valence-corrected chi connectivity index (χ3v) is 4.55. The van der Waals surface area contributed by atoms with Gasteiger partial charge in [0.25, 0.3) is 0 Å². The molecule has 0 bridgehead atoms. The molecule has 1 amide bonds. The van der Waals surface area contributed by atoms with Crippen LogP contribution in [0.2, 0.25) is 0 Å². The Morgan fingerprint density at radius 1 is 1.12 bits per heavy atom. The SMILES string of the molecule is Cc1ccc(NC(=O)CSC(C)C(=O)OCc2ccc(F)cc2)cc1. The zero-order valence-electron chi connectivity index (χ0n) is 14.1. The first-order chi connectivity index (χ1) is 11.9. The van der Waals surface area contributed by atoms with Gasteiger partial charge < -0.3 is 10.1 Å². The zero-order valence-corrected chi connectivity index (χ0v) is 14.9. The van der Waals surface area contributed by atoms with Gasteiger partial charge in [0.05, 0.1) is 5.75 Å². The number of benzene rings is 2. The van der Waals surface area contributed by atoms with E-state index in [9.17, 15) is 14.0 Å². The fourth-order valence-electron chi connectivity index (χ4n) is 1.96. The number of halogens is 1. The van der Waals surface area contributed by atoms with E-state index in [4.69, 9.17) is 4.74 Å². The quantitative estimate of drug-likeness (QED) is 0.759. The van der Waals surface area contributed by atoms with Crippen LogP contribution in [0.1, 0.15) is 18.1 Å². The molecule has 2 rings (SSSR count). The molecule has 0 aliphatic carbocycles. The molecule has 2 aromatic carbocycles. The molecular formula is C19H20FNO3S. The lowest BCUT2D eigenvalue weighted by molar-refractivity contribution is -0.143. The fourth-order valence-corrected chi connectivity index (χ4v) is 2.63. The summed E-state index contributed by atoms with van der Waals surface area (Å²) in [5, 5.41) is 2.31. The highest BCUT2D eigenvalue weighted by Gasteiger charge is 2.17. The molecule has 132 valence electrons. The molecule has 0 aliphatic rings. The van der Waals surface area contributed by atoms with E-state index in [1.165, 1.54) is 23.9 Å². The van der Waals surface area contributed by atoms with Gasteiger partial charge in [-0.1, -0.05) is 29.8 Å². The van der Waals surface area contributed by atoms with Crippen LogP contribution in [-0.4, -0.2) is 22.9 Å². The van der Waals surface area contributed by atoms with Crippen molar-refractivity contribution >= 4 is 29.3 Å². The van der Waals surface area contributed by atoms with E-state index >= 15 is 0 Å². The van der Waals surface area contributed by atoms with Crippen LogP contribution in [0, 0.1) is 12.7 Å². The number of amides is 1. The van der Waals surface area contributed by atoms with Crippen LogP contribution in [0.3, 0.4) is 0 Å². The topological polar surface area (TPSA) is 55.4 Å². The van der Waals surface area contributed by atoms with Crippen molar-refractivity contribution in [3.8, 4) is 0 Å². The van der Waals surface area contributed by atoms with Gasteiger partial charge in [-0.2, -0.15) is 0 Å². The Balaban J connectivity index is 1.72. The van der Waals surface area contributed by atoms with E-state index in [0.29, 0.717) is 5.56 Å². The van der Waals surface area contributed by atoms with E-state index in [1.54, 1.807) is 19.1 Å². The number of hydrogen-bond donors (Lipinski definition) is 1. The third kappa shape index (κ3) is 6.58. The van der Waals surface area contributed by atoms with Gasteiger partial charge >= 0.3 is 5.97 Å². The number of carbonyl (C=O) groups excluding carboxylic acids is 2. The second kappa shape index (κ2) is 9.22. The summed E-state index contributed by atoms with van der Waals surface area (Å²) >= 11 is 1.21. The predicted molar refractivity (Wildman–Crippen MR) is 97.9 cm³/mol. The normalized spacial score (nSPS) is 11.6. The van der Waals surface area contributed by atoms with Gasteiger partial charge in [-0.15, -0.1) is 11.8 Å². The molecule has 4 nitrogen and oxygen atoms in total. The largest absolute Gasteiger partial charge is 0.460 e. The van der Waals surface area contributed by atoms with Gasteiger partial charge in [-0.05, 0) is 43.7 Å². The number of thioether (sulfide) groups is 1. The monoisotopic (exact) mass is 361 g/mol. The highest BCUT2D eigenvalue weighted by atomic mass is 32.2. The van der Waals surface area contributed by atoms with E-state index in [1.807, 2.05) is 31.2 Å². The van der Waals surface area contributed by atoms with Crippen LogP contribution in [0.15, 0.2) is 48.5 Å². The van der Waals surface area contributed by atoms with Crippen molar-refractivity contribution in [1.29, 1.82) is 0 Å². The Morgan fingerprint density at radius 2 is 1.76 bits per heavy atom. The number of rotatable bonds is 7. The first-order valence-corrected chi connectivity index (χ1v) is 8.88. The summed E-state index contributed by atoms with van der Waals surface area (Å²) in [6, 6.07) is 13.3. The molecule has 2 aromatic rings. The lowest BCUT2D eigenvalue weighted by Crippen LogP contribution is -2.21. The van der Waals surface area contributed by atoms with Gasteiger partial charge in [0.1, 0.15) is 17.7 Å². The summed E-state index contributed by atoms with van der Waals surface area (Å²) in [6.07, 6.45) is 0. The first kappa shape index (κ1) is 19.0. The van der Waals surface area contributed by atoms with Crippen molar-refractivity contribution in [2.75, 3.05) is 11.1 Å². The summed E-state index contributed by atoms with van der Waals surface area (Å²) in [7, 11) is 0. The fraction of sp³-hybridized carbons (Fsp3) is 0.263. The average molecular weight is 361 g/mol. The Kier molecular flexibility index (Phi) is 7.01. The first-order valence-electron chi connectivity index (χ1n) is 7.83. The minimum atomic E-state index is -0.468. The number of carbonyl (C=O) groups is 2. The molecule has 0 heterocycles. The van der Waals surface area contributed by atoms with Crippen molar-refractivity contribution in [3.05, 3.63) is 65.5 Å². The Hall–Kier alpha value is -2.34. The van der Waals surface area contributed by atoms with E-state index in [2.05, 4.69) is 5.32 Å². The number of anilines is 1. The van der Waals surface area contributed by atoms with Crippen molar-refractivity contribution in [3.63, 3.8) is 0 Å². The van der Waals surface area contributed by atoms with Gasteiger partial charge in [0.15, 0.2) is 0 Å². The van der Waals surface area contributed by atoms with E-state index < -0.39 is 11.2 Å². The number of nitrogens with one attached hydrogen (secondary N) is 1. The molecule has 1 N–H and O–H groups in total. The molecule has 0 spiro atoms. The second-order valence-electron chi connectivity index (χ2n) is 5.60. The summed E-state index contributed by atoms with van der Waals surface area (Å²) in [5.74, 6) is -0.760. The predicted octanol–water partition coefficient (Wildman–Crippen LogP) is 3.94. The second-order valence-corrected chi connectivity index (χ2v) is 6.93. The van der Waals surface area contributed by atoms with E-state index in [0.717, 1.165) is 11.3 Å². The molecular weight excluding hydrogens is 341 g/mol. The Bertz CT molecular complexity index is 716. The lowest BCUT2D eigenvalue weighted by Gasteiger charge is -2.11. The molecule has 1 unspecified atom stereocenters. The zero-order chi connectivity index (χ0) is 18.2. The van der Waals surface area contributed by atoms with Crippen LogP contribution in [-0.2, 0) is 20.9 Å². The smallest absolute Gasteiger partial charge is 0.319 e. The molecule has 6 heteroatoms. The third-order valence-electron chi connectivity index (χ3n) is 3.43. The summed E-state index contributed by atoms with van der Waals surface area (Å²) in [4.78, 5) is 23.9. The summed E-state index contributed by atoms with van der Waals surface area (Å²) < 4.78 is 18.0. The number of ether oxygens (including phenoxy) is 1. The molecule has 0 radical (unpaired) electrons. The van der Waals surface area contributed by atoms with Crippen LogP contribution >= 0.6 is 11.8 Å². The Labute approximate surface area is 150 Å². The highest BCUT2D eigenvalue weighted by Crippen LogP contribution is 2.15. The Morgan fingerprint density at radius 3 is 2.40 bits per heavy atom. The van der Waals surface area contributed by atoms with Crippen molar-refractivity contribution in [1.82, 2.24) is 0 Å². The maximum Gasteiger partial charge on any atom is 0.319 e. The van der Waals surface area contributed by atoms with Gasteiger partial charge in [-0.25, -0.2) is 4.39 Å². The molecule has 0 fully saturated rings. The lowest BCUT2D eigenvalue weighted by atomic mass is 10.2. The number of hydrogen-bond acceptors (Lipinski definition) is 4.